The first-order chi connectivity index (χ1) is 9.29. The SMILES string of the molecule is COCc1ccccc1C(=O)NCCCCCCO. The molecule has 0 atom stereocenters. The second-order valence-electron chi connectivity index (χ2n) is 4.48. The summed E-state index contributed by atoms with van der Waals surface area (Å²) in [5.74, 6) is -0.0465. The van der Waals surface area contributed by atoms with Crippen molar-refractivity contribution in [2.75, 3.05) is 20.3 Å². The lowest BCUT2D eigenvalue weighted by Gasteiger charge is -2.09. The first kappa shape index (κ1) is 15.7. The first-order valence-corrected chi connectivity index (χ1v) is 6.75. The van der Waals surface area contributed by atoms with Crippen LogP contribution in [0.3, 0.4) is 0 Å². The molecule has 4 heteroatoms. The summed E-state index contributed by atoms with van der Waals surface area (Å²) in [6, 6.07) is 7.48. The highest BCUT2D eigenvalue weighted by Crippen LogP contribution is 2.09. The summed E-state index contributed by atoms with van der Waals surface area (Å²) in [4.78, 5) is 12.0. The third-order valence-electron chi connectivity index (χ3n) is 2.93. The van der Waals surface area contributed by atoms with E-state index in [9.17, 15) is 4.79 Å². The van der Waals surface area contributed by atoms with Gasteiger partial charge in [0.15, 0.2) is 0 Å². The summed E-state index contributed by atoms with van der Waals surface area (Å²) < 4.78 is 5.08. The van der Waals surface area contributed by atoms with Gasteiger partial charge in [-0.1, -0.05) is 31.0 Å². The molecule has 0 saturated carbocycles. The van der Waals surface area contributed by atoms with Gasteiger partial charge in [-0.2, -0.15) is 0 Å². The fourth-order valence-electron chi connectivity index (χ4n) is 1.91. The number of nitrogens with one attached hydrogen (secondary N) is 1. The lowest BCUT2D eigenvalue weighted by atomic mass is 10.1. The van der Waals surface area contributed by atoms with Gasteiger partial charge in [0, 0.05) is 25.8 Å². The number of benzene rings is 1. The number of ether oxygens (including phenoxy) is 1. The number of carbonyl (C=O) groups excluding carboxylic acids is 1. The van der Waals surface area contributed by atoms with Crippen molar-refractivity contribution < 1.29 is 14.6 Å². The van der Waals surface area contributed by atoms with Crippen LogP contribution in [0.1, 0.15) is 41.6 Å². The minimum atomic E-state index is -0.0465. The van der Waals surface area contributed by atoms with E-state index in [1.807, 2.05) is 24.3 Å². The molecule has 0 aliphatic carbocycles. The Labute approximate surface area is 114 Å². The van der Waals surface area contributed by atoms with Crippen LogP contribution in [0.2, 0.25) is 0 Å². The average molecular weight is 265 g/mol. The Bertz CT molecular complexity index is 379. The van der Waals surface area contributed by atoms with Gasteiger partial charge in [0.2, 0.25) is 0 Å². The fraction of sp³-hybridized carbons (Fsp3) is 0.533. The Morgan fingerprint density at radius 2 is 1.95 bits per heavy atom. The van der Waals surface area contributed by atoms with Crippen LogP contribution in [0, 0.1) is 0 Å². The Morgan fingerprint density at radius 3 is 2.68 bits per heavy atom. The van der Waals surface area contributed by atoms with Crippen molar-refractivity contribution in [3.8, 4) is 0 Å². The van der Waals surface area contributed by atoms with E-state index in [-0.39, 0.29) is 12.5 Å². The number of hydrogen-bond donors (Lipinski definition) is 2. The van der Waals surface area contributed by atoms with Gasteiger partial charge >= 0.3 is 0 Å². The Hall–Kier alpha value is -1.39. The second-order valence-corrected chi connectivity index (χ2v) is 4.48. The largest absolute Gasteiger partial charge is 0.396 e. The highest BCUT2D eigenvalue weighted by Gasteiger charge is 2.09. The highest BCUT2D eigenvalue weighted by molar-refractivity contribution is 5.95. The molecule has 0 saturated heterocycles. The molecule has 1 aromatic carbocycles. The smallest absolute Gasteiger partial charge is 0.251 e. The first-order valence-electron chi connectivity index (χ1n) is 6.75. The van der Waals surface area contributed by atoms with E-state index in [0.717, 1.165) is 31.2 Å². The van der Waals surface area contributed by atoms with Gasteiger partial charge in [0.1, 0.15) is 0 Å². The van der Waals surface area contributed by atoms with Gasteiger partial charge in [0.05, 0.1) is 6.61 Å². The molecule has 0 spiro atoms. The summed E-state index contributed by atoms with van der Waals surface area (Å²) in [5, 5.41) is 11.6. The van der Waals surface area contributed by atoms with E-state index >= 15 is 0 Å². The fourth-order valence-corrected chi connectivity index (χ4v) is 1.91. The molecule has 1 amide bonds. The van der Waals surface area contributed by atoms with Crippen molar-refractivity contribution in [2.24, 2.45) is 0 Å². The minimum absolute atomic E-state index is 0.0465. The van der Waals surface area contributed by atoms with E-state index in [2.05, 4.69) is 5.32 Å². The molecule has 19 heavy (non-hydrogen) atoms. The maximum absolute atomic E-state index is 12.0. The Kier molecular flexibility index (Phi) is 7.86. The maximum Gasteiger partial charge on any atom is 0.251 e. The zero-order valence-corrected chi connectivity index (χ0v) is 11.5. The molecular weight excluding hydrogens is 242 g/mol. The quantitative estimate of drug-likeness (QED) is 0.672. The Morgan fingerprint density at radius 1 is 1.21 bits per heavy atom. The number of rotatable bonds is 9. The predicted octanol–water partition coefficient (Wildman–Crippen LogP) is 2.12. The molecule has 0 aromatic heterocycles. The van der Waals surface area contributed by atoms with Gasteiger partial charge in [-0.05, 0) is 24.5 Å². The lowest BCUT2D eigenvalue weighted by molar-refractivity contribution is 0.0948. The molecule has 0 bridgehead atoms. The molecule has 0 fully saturated rings. The summed E-state index contributed by atoms with van der Waals surface area (Å²) in [6.07, 6.45) is 3.82. The number of amides is 1. The van der Waals surface area contributed by atoms with E-state index < -0.39 is 0 Å². The third kappa shape index (κ3) is 5.85. The number of methoxy groups -OCH3 is 1. The van der Waals surface area contributed by atoms with Crippen LogP contribution < -0.4 is 5.32 Å². The number of hydrogen-bond acceptors (Lipinski definition) is 3. The van der Waals surface area contributed by atoms with Crippen LogP contribution in [0.15, 0.2) is 24.3 Å². The van der Waals surface area contributed by atoms with Crippen molar-refractivity contribution in [3.05, 3.63) is 35.4 Å². The van der Waals surface area contributed by atoms with E-state index in [1.54, 1.807) is 7.11 Å². The number of carbonyl (C=O) groups is 1. The van der Waals surface area contributed by atoms with Crippen molar-refractivity contribution in [1.29, 1.82) is 0 Å². The van der Waals surface area contributed by atoms with Crippen LogP contribution in [0.5, 0.6) is 0 Å². The van der Waals surface area contributed by atoms with E-state index in [1.165, 1.54) is 0 Å². The molecule has 1 rings (SSSR count). The minimum Gasteiger partial charge on any atom is -0.396 e. The molecule has 0 aliphatic heterocycles. The van der Waals surface area contributed by atoms with Crippen molar-refractivity contribution in [3.63, 3.8) is 0 Å². The summed E-state index contributed by atoms with van der Waals surface area (Å²) >= 11 is 0. The zero-order chi connectivity index (χ0) is 13.9. The van der Waals surface area contributed by atoms with Crippen molar-refractivity contribution in [1.82, 2.24) is 5.32 Å². The normalized spacial score (nSPS) is 10.4. The van der Waals surface area contributed by atoms with Gasteiger partial charge in [0.25, 0.3) is 5.91 Å². The second kappa shape index (κ2) is 9.53. The van der Waals surface area contributed by atoms with Gasteiger partial charge in [-0.15, -0.1) is 0 Å². The lowest BCUT2D eigenvalue weighted by Crippen LogP contribution is -2.25. The van der Waals surface area contributed by atoms with Crippen LogP contribution in [-0.4, -0.2) is 31.3 Å². The van der Waals surface area contributed by atoms with Crippen LogP contribution in [0.4, 0.5) is 0 Å². The molecule has 0 heterocycles. The molecule has 1 aromatic rings. The Balaban J connectivity index is 2.36. The van der Waals surface area contributed by atoms with Crippen LogP contribution in [0.25, 0.3) is 0 Å². The maximum atomic E-state index is 12.0. The number of unbranched alkanes of at least 4 members (excludes halogenated alkanes) is 3. The van der Waals surface area contributed by atoms with Crippen LogP contribution >= 0.6 is 0 Å². The van der Waals surface area contributed by atoms with Gasteiger partial charge in [-0.3, -0.25) is 4.79 Å². The molecule has 0 aliphatic rings. The molecule has 0 radical (unpaired) electrons. The highest BCUT2D eigenvalue weighted by atomic mass is 16.5. The van der Waals surface area contributed by atoms with Gasteiger partial charge < -0.3 is 15.2 Å². The van der Waals surface area contributed by atoms with E-state index in [4.69, 9.17) is 9.84 Å². The van der Waals surface area contributed by atoms with Crippen LogP contribution in [-0.2, 0) is 11.3 Å². The summed E-state index contributed by atoms with van der Waals surface area (Å²) in [6.45, 7) is 1.36. The van der Waals surface area contributed by atoms with E-state index in [0.29, 0.717) is 18.7 Å². The van der Waals surface area contributed by atoms with Crippen molar-refractivity contribution in [2.45, 2.75) is 32.3 Å². The summed E-state index contributed by atoms with van der Waals surface area (Å²) in [7, 11) is 1.62. The topological polar surface area (TPSA) is 58.6 Å². The molecule has 0 unspecified atom stereocenters. The van der Waals surface area contributed by atoms with Crippen molar-refractivity contribution >= 4 is 5.91 Å². The third-order valence-corrected chi connectivity index (χ3v) is 2.93. The monoisotopic (exact) mass is 265 g/mol. The number of aliphatic hydroxyl groups excluding tert-OH is 1. The number of aliphatic hydroxyl groups is 1. The van der Waals surface area contributed by atoms with Gasteiger partial charge in [-0.25, -0.2) is 0 Å². The standard InChI is InChI=1S/C15H23NO3/c1-19-12-13-8-4-5-9-14(13)15(18)16-10-6-2-3-7-11-17/h4-5,8-9,17H,2-3,6-7,10-12H2,1H3,(H,16,18). The molecule has 106 valence electrons. The average Bonchev–Trinajstić information content (AvgIpc) is 2.43. The molecule has 4 nitrogen and oxygen atoms in total. The summed E-state index contributed by atoms with van der Waals surface area (Å²) in [5.41, 5.74) is 1.59. The zero-order valence-electron chi connectivity index (χ0n) is 11.5. The molecular formula is C15H23NO3. The molecule has 2 N–H and O–H groups in total. The predicted molar refractivity (Wildman–Crippen MR) is 75.0 cm³/mol.